The van der Waals surface area contributed by atoms with Crippen LogP contribution in [0, 0.1) is 5.92 Å². The summed E-state index contributed by atoms with van der Waals surface area (Å²) in [6.45, 7) is 0. The summed E-state index contributed by atoms with van der Waals surface area (Å²) in [5, 5.41) is 4.17. The fourth-order valence-corrected chi connectivity index (χ4v) is 4.98. The molecule has 0 radical (unpaired) electrons. The Balaban J connectivity index is 1.37. The zero-order valence-electron chi connectivity index (χ0n) is 20.7. The average Bonchev–Trinajstić information content (AvgIpc) is 3.33. The minimum absolute atomic E-state index is 0.551. The third-order valence-corrected chi connectivity index (χ3v) is 6.86. The molecular formula is C28H35N3O3. The molecule has 1 unspecified atom stereocenters. The maximum Gasteiger partial charge on any atom is 0.250 e. The van der Waals surface area contributed by atoms with Gasteiger partial charge in [-0.2, -0.15) is 4.98 Å². The quantitative estimate of drug-likeness (QED) is 0.396. The Bertz CT molecular complexity index is 1080. The molecule has 0 bridgehead atoms. The van der Waals surface area contributed by atoms with Crippen LogP contribution < -0.4 is 9.47 Å². The summed E-state index contributed by atoms with van der Waals surface area (Å²) in [6.07, 6.45) is 8.94. The average molecular weight is 462 g/mol. The highest BCUT2D eigenvalue weighted by Gasteiger charge is 2.27. The zero-order chi connectivity index (χ0) is 23.9. The first-order valence-corrected chi connectivity index (χ1v) is 12.0. The van der Waals surface area contributed by atoms with Gasteiger partial charge in [0.25, 0.3) is 5.89 Å². The summed E-state index contributed by atoms with van der Waals surface area (Å²) in [7, 11) is 7.67. The van der Waals surface area contributed by atoms with Gasteiger partial charge in [0.15, 0.2) is 11.5 Å². The third kappa shape index (κ3) is 5.86. The summed E-state index contributed by atoms with van der Waals surface area (Å²) >= 11 is 0. The van der Waals surface area contributed by atoms with Crippen LogP contribution in [0.25, 0.3) is 17.5 Å². The van der Waals surface area contributed by atoms with E-state index in [0.29, 0.717) is 35.2 Å². The van der Waals surface area contributed by atoms with E-state index in [4.69, 9.17) is 14.0 Å². The van der Waals surface area contributed by atoms with E-state index in [2.05, 4.69) is 65.5 Å². The van der Waals surface area contributed by atoms with Crippen molar-refractivity contribution in [2.75, 3.05) is 28.3 Å². The van der Waals surface area contributed by atoms with Crippen molar-refractivity contribution in [3.8, 4) is 22.9 Å². The van der Waals surface area contributed by atoms with Crippen molar-refractivity contribution in [1.29, 1.82) is 0 Å². The molecule has 34 heavy (non-hydrogen) atoms. The predicted molar refractivity (Wildman–Crippen MR) is 135 cm³/mol. The lowest BCUT2D eigenvalue weighted by molar-refractivity contribution is 0.172. The molecule has 1 aromatic heterocycles. The minimum Gasteiger partial charge on any atom is -0.493 e. The van der Waals surface area contributed by atoms with Crippen LogP contribution in [0.3, 0.4) is 0 Å². The largest absolute Gasteiger partial charge is 0.493 e. The van der Waals surface area contributed by atoms with Gasteiger partial charge >= 0.3 is 0 Å². The summed E-state index contributed by atoms with van der Waals surface area (Å²) < 4.78 is 16.2. The van der Waals surface area contributed by atoms with E-state index in [9.17, 15) is 0 Å². The Morgan fingerprint density at radius 2 is 1.76 bits per heavy atom. The van der Waals surface area contributed by atoms with Gasteiger partial charge in [-0.25, -0.2) is 0 Å². The lowest BCUT2D eigenvalue weighted by Crippen LogP contribution is -2.37. The van der Waals surface area contributed by atoms with Crippen LogP contribution in [0.2, 0.25) is 0 Å². The molecule has 4 rings (SSSR count). The summed E-state index contributed by atoms with van der Waals surface area (Å²) in [4.78, 5) is 7.00. The molecule has 1 aliphatic carbocycles. The van der Waals surface area contributed by atoms with Gasteiger partial charge in [0.2, 0.25) is 5.82 Å². The Hall–Kier alpha value is -3.12. The van der Waals surface area contributed by atoms with E-state index < -0.39 is 0 Å². The van der Waals surface area contributed by atoms with Crippen LogP contribution in [0.5, 0.6) is 11.5 Å². The van der Waals surface area contributed by atoms with E-state index in [1.54, 1.807) is 14.2 Å². The molecule has 0 aliphatic heterocycles. The molecule has 6 heteroatoms. The summed E-state index contributed by atoms with van der Waals surface area (Å²) in [5.74, 6) is 3.14. The van der Waals surface area contributed by atoms with Crippen LogP contribution in [0.1, 0.15) is 43.6 Å². The van der Waals surface area contributed by atoms with Gasteiger partial charge in [-0.15, -0.1) is 0 Å². The highest BCUT2D eigenvalue weighted by molar-refractivity contribution is 5.61. The monoisotopic (exact) mass is 461 g/mol. The molecule has 1 atom stereocenters. The van der Waals surface area contributed by atoms with Gasteiger partial charge in [-0.05, 0) is 82.3 Å². The van der Waals surface area contributed by atoms with E-state index in [1.165, 1.54) is 30.4 Å². The van der Waals surface area contributed by atoms with Gasteiger partial charge in [-0.3, -0.25) is 0 Å². The zero-order valence-corrected chi connectivity index (χ0v) is 20.7. The number of aryl methyl sites for hydroxylation is 1. The van der Waals surface area contributed by atoms with Crippen LogP contribution in [0.4, 0.5) is 0 Å². The molecule has 1 fully saturated rings. The molecule has 6 nitrogen and oxygen atoms in total. The number of methoxy groups -OCH3 is 2. The molecule has 1 heterocycles. The summed E-state index contributed by atoms with van der Waals surface area (Å²) in [5.41, 5.74) is 3.65. The lowest BCUT2D eigenvalue weighted by atomic mass is 9.79. The molecule has 1 aliphatic rings. The SMILES string of the molecule is COc1ccc(-c2noc(C=C3CCC(C(CCc4ccccc4)N(C)C)CC3)n2)cc1OC. The molecular weight excluding hydrogens is 426 g/mol. The third-order valence-electron chi connectivity index (χ3n) is 6.86. The van der Waals surface area contributed by atoms with Crippen LogP contribution in [-0.4, -0.2) is 49.4 Å². The summed E-state index contributed by atoms with van der Waals surface area (Å²) in [6, 6.07) is 17.0. The number of allylic oxidation sites excluding steroid dienone is 1. The fraction of sp³-hybridized carbons (Fsp3) is 0.429. The lowest BCUT2D eigenvalue weighted by Gasteiger charge is -2.35. The molecule has 0 N–H and O–H groups in total. The number of ether oxygens (including phenoxy) is 2. The Labute approximate surface area is 202 Å². The van der Waals surface area contributed by atoms with Gasteiger partial charge in [0.1, 0.15) is 0 Å². The Kier molecular flexibility index (Phi) is 8.01. The van der Waals surface area contributed by atoms with Crippen molar-refractivity contribution in [1.82, 2.24) is 15.0 Å². The van der Waals surface area contributed by atoms with Gasteiger partial charge in [0.05, 0.1) is 14.2 Å². The smallest absolute Gasteiger partial charge is 0.250 e. The normalized spacial score (nSPS) is 17.0. The molecule has 3 aromatic rings. The van der Waals surface area contributed by atoms with Gasteiger partial charge in [0, 0.05) is 17.7 Å². The van der Waals surface area contributed by atoms with Crippen molar-refractivity contribution >= 4 is 6.08 Å². The number of nitrogens with zero attached hydrogens (tertiary/aromatic N) is 3. The Morgan fingerprint density at radius 1 is 1.03 bits per heavy atom. The van der Waals surface area contributed by atoms with E-state index in [1.807, 2.05) is 18.2 Å². The standard InChI is InChI=1S/C28H35N3O3/c1-31(2)24(16-12-20-8-6-5-7-9-20)22-13-10-21(11-14-22)18-27-29-28(30-34-27)23-15-17-25(32-3)26(19-23)33-4/h5-9,15,17-19,22,24H,10-14,16H2,1-4H3. The number of rotatable bonds is 9. The van der Waals surface area contributed by atoms with Crippen LogP contribution >= 0.6 is 0 Å². The molecule has 0 spiro atoms. The van der Waals surface area contributed by atoms with E-state index >= 15 is 0 Å². The van der Waals surface area contributed by atoms with Gasteiger partial charge in [-0.1, -0.05) is 41.1 Å². The fourth-order valence-electron chi connectivity index (χ4n) is 4.98. The van der Waals surface area contributed by atoms with E-state index in [0.717, 1.165) is 24.8 Å². The second-order valence-corrected chi connectivity index (χ2v) is 9.22. The molecule has 180 valence electrons. The van der Waals surface area contributed by atoms with Crippen molar-refractivity contribution in [3.05, 3.63) is 65.6 Å². The van der Waals surface area contributed by atoms with Crippen LogP contribution in [0.15, 0.2) is 58.6 Å². The van der Waals surface area contributed by atoms with Crippen molar-refractivity contribution in [2.45, 2.75) is 44.6 Å². The van der Waals surface area contributed by atoms with Gasteiger partial charge < -0.3 is 18.9 Å². The maximum absolute atomic E-state index is 5.53. The number of benzene rings is 2. The maximum atomic E-state index is 5.53. The van der Waals surface area contributed by atoms with Crippen molar-refractivity contribution in [2.24, 2.45) is 5.92 Å². The first-order chi connectivity index (χ1) is 16.6. The predicted octanol–water partition coefficient (Wildman–Crippen LogP) is 5.89. The van der Waals surface area contributed by atoms with Crippen LogP contribution in [-0.2, 0) is 6.42 Å². The second kappa shape index (κ2) is 11.3. The molecule has 2 aromatic carbocycles. The second-order valence-electron chi connectivity index (χ2n) is 9.22. The minimum atomic E-state index is 0.551. The number of aromatic nitrogens is 2. The molecule has 1 saturated carbocycles. The van der Waals surface area contributed by atoms with Crippen molar-refractivity contribution in [3.63, 3.8) is 0 Å². The Morgan fingerprint density at radius 3 is 2.44 bits per heavy atom. The number of hydrogen-bond donors (Lipinski definition) is 0. The topological polar surface area (TPSA) is 60.6 Å². The highest BCUT2D eigenvalue weighted by atomic mass is 16.5. The highest BCUT2D eigenvalue weighted by Crippen LogP contribution is 2.35. The first-order valence-electron chi connectivity index (χ1n) is 12.0. The number of hydrogen-bond acceptors (Lipinski definition) is 6. The molecule has 0 amide bonds. The first kappa shape index (κ1) is 24.0. The van der Waals surface area contributed by atoms with Crippen molar-refractivity contribution < 1.29 is 14.0 Å². The molecule has 0 saturated heterocycles. The van der Waals surface area contributed by atoms with E-state index in [-0.39, 0.29) is 0 Å².